The monoisotopic (exact) mass is 289 g/mol. The van der Waals surface area contributed by atoms with E-state index in [2.05, 4.69) is 33.3 Å². The second kappa shape index (κ2) is 7.04. The smallest absolute Gasteiger partial charge is 0.0767 e. The number of aryl methyl sites for hydroxylation is 2. The molecule has 1 aromatic rings. The first kappa shape index (κ1) is 13.7. The third-order valence-electron chi connectivity index (χ3n) is 2.50. The molecule has 0 aromatic carbocycles. The molecule has 0 amide bonds. The fourth-order valence-electron chi connectivity index (χ4n) is 1.56. The Morgan fingerprint density at radius 2 is 2.25 bits per heavy atom. The Morgan fingerprint density at radius 3 is 2.81 bits per heavy atom. The van der Waals surface area contributed by atoms with Gasteiger partial charge in [-0.2, -0.15) is 5.10 Å². The van der Waals surface area contributed by atoms with Gasteiger partial charge in [0.15, 0.2) is 0 Å². The van der Waals surface area contributed by atoms with Crippen molar-refractivity contribution < 1.29 is 4.74 Å². The number of hydrogen-bond donors (Lipinski definition) is 1. The fraction of sp³-hybridized carbons (Fsp3) is 0.727. The van der Waals surface area contributed by atoms with Crippen LogP contribution in [0.2, 0.25) is 0 Å². The zero-order chi connectivity index (χ0) is 12.0. The second-order valence-corrected chi connectivity index (χ2v) is 4.50. The molecular formula is C11H20BrN3O. The summed E-state index contributed by atoms with van der Waals surface area (Å²) in [5, 5.41) is 7.83. The van der Waals surface area contributed by atoms with Crippen LogP contribution in [0.25, 0.3) is 0 Å². The van der Waals surface area contributed by atoms with E-state index in [1.54, 1.807) is 7.11 Å². The van der Waals surface area contributed by atoms with Crippen molar-refractivity contribution >= 4 is 15.9 Å². The van der Waals surface area contributed by atoms with Crippen LogP contribution in [0.1, 0.15) is 24.7 Å². The molecule has 1 aromatic heterocycles. The first-order chi connectivity index (χ1) is 7.70. The summed E-state index contributed by atoms with van der Waals surface area (Å²) in [5.41, 5.74) is 2.32. The van der Waals surface area contributed by atoms with Crippen LogP contribution in [0.4, 0.5) is 0 Å². The Bertz CT molecular complexity index is 325. The van der Waals surface area contributed by atoms with Gasteiger partial charge in [-0.3, -0.25) is 4.68 Å². The Balaban J connectivity index is 2.44. The first-order valence-corrected chi connectivity index (χ1v) is 6.39. The molecule has 5 heteroatoms. The minimum Gasteiger partial charge on any atom is -0.385 e. The fourth-order valence-corrected chi connectivity index (χ4v) is 2.32. The number of ether oxygens (including phenoxy) is 1. The summed E-state index contributed by atoms with van der Waals surface area (Å²) in [7, 11) is 3.71. The topological polar surface area (TPSA) is 39.1 Å². The molecule has 0 aliphatic heterocycles. The first-order valence-electron chi connectivity index (χ1n) is 5.60. The van der Waals surface area contributed by atoms with E-state index in [1.165, 1.54) is 5.69 Å². The molecule has 0 fully saturated rings. The van der Waals surface area contributed by atoms with Gasteiger partial charge in [0, 0.05) is 27.3 Å². The molecule has 0 spiro atoms. The summed E-state index contributed by atoms with van der Waals surface area (Å²) in [4.78, 5) is 0. The number of hydrogen-bond acceptors (Lipinski definition) is 3. The summed E-state index contributed by atoms with van der Waals surface area (Å²) < 4.78 is 8.07. The molecule has 0 aliphatic carbocycles. The summed E-state index contributed by atoms with van der Waals surface area (Å²) >= 11 is 3.60. The maximum absolute atomic E-state index is 5.00. The third-order valence-corrected chi connectivity index (χ3v) is 3.41. The highest BCUT2D eigenvalue weighted by Gasteiger charge is 2.11. The van der Waals surface area contributed by atoms with Crippen molar-refractivity contribution in [1.29, 1.82) is 0 Å². The Kier molecular flexibility index (Phi) is 6.01. The maximum atomic E-state index is 5.00. The SMILES string of the molecule is CCc1nn(C)c(CNCCCOC)c1Br. The van der Waals surface area contributed by atoms with Gasteiger partial charge in [0.1, 0.15) is 0 Å². The Labute approximate surface area is 105 Å². The van der Waals surface area contributed by atoms with E-state index in [-0.39, 0.29) is 0 Å². The normalized spacial score (nSPS) is 11.0. The molecule has 4 nitrogen and oxygen atoms in total. The van der Waals surface area contributed by atoms with Crippen LogP contribution in [0, 0.1) is 0 Å². The maximum Gasteiger partial charge on any atom is 0.0767 e. The summed E-state index contributed by atoms with van der Waals surface area (Å²) in [5.74, 6) is 0. The van der Waals surface area contributed by atoms with E-state index in [4.69, 9.17) is 4.74 Å². The van der Waals surface area contributed by atoms with Gasteiger partial charge in [0.05, 0.1) is 15.9 Å². The van der Waals surface area contributed by atoms with Crippen LogP contribution in [0.5, 0.6) is 0 Å². The number of aromatic nitrogens is 2. The molecule has 0 unspecified atom stereocenters. The van der Waals surface area contributed by atoms with Crippen LogP contribution in [0.3, 0.4) is 0 Å². The quantitative estimate of drug-likeness (QED) is 0.779. The predicted octanol–water partition coefficient (Wildman–Crippen LogP) is 1.87. The number of nitrogens with zero attached hydrogens (tertiary/aromatic N) is 2. The lowest BCUT2D eigenvalue weighted by atomic mass is 10.3. The number of rotatable bonds is 7. The number of nitrogens with one attached hydrogen (secondary N) is 1. The van der Waals surface area contributed by atoms with Crippen molar-refractivity contribution in [3.8, 4) is 0 Å². The molecular weight excluding hydrogens is 270 g/mol. The van der Waals surface area contributed by atoms with Crippen molar-refractivity contribution in [3.05, 3.63) is 15.9 Å². The highest BCUT2D eigenvalue weighted by atomic mass is 79.9. The summed E-state index contributed by atoms with van der Waals surface area (Å²) in [6.07, 6.45) is 1.99. The van der Waals surface area contributed by atoms with Crippen LogP contribution in [-0.2, 0) is 24.8 Å². The van der Waals surface area contributed by atoms with Gasteiger partial charge in [-0.1, -0.05) is 6.92 Å². The zero-order valence-corrected chi connectivity index (χ0v) is 11.8. The highest BCUT2D eigenvalue weighted by molar-refractivity contribution is 9.10. The highest BCUT2D eigenvalue weighted by Crippen LogP contribution is 2.21. The van der Waals surface area contributed by atoms with Gasteiger partial charge < -0.3 is 10.1 Å². The van der Waals surface area contributed by atoms with Crippen molar-refractivity contribution in [3.63, 3.8) is 0 Å². The van der Waals surface area contributed by atoms with Gasteiger partial charge >= 0.3 is 0 Å². The molecule has 1 heterocycles. The van der Waals surface area contributed by atoms with Gasteiger partial charge in [-0.25, -0.2) is 0 Å². The molecule has 1 rings (SSSR count). The van der Waals surface area contributed by atoms with Gasteiger partial charge in [-0.15, -0.1) is 0 Å². The molecule has 92 valence electrons. The molecule has 0 saturated heterocycles. The molecule has 0 radical (unpaired) electrons. The second-order valence-electron chi connectivity index (χ2n) is 3.71. The van der Waals surface area contributed by atoms with Crippen molar-refractivity contribution in [1.82, 2.24) is 15.1 Å². The minimum absolute atomic E-state index is 0.805. The predicted molar refractivity (Wildman–Crippen MR) is 68.5 cm³/mol. The Morgan fingerprint density at radius 1 is 1.50 bits per heavy atom. The van der Waals surface area contributed by atoms with Crippen molar-refractivity contribution in [2.24, 2.45) is 7.05 Å². The third kappa shape index (κ3) is 3.57. The molecule has 0 atom stereocenters. The van der Waals surface area contributed by atoms with Crippen LogP contribution >= 0.6 is 15.9 Å². The number of methoxy groups -OCH3 is 1. The van der Waals surface area contributed by atoms with Crippen molar-refractivity contribution in [2.75, 3.05) is 20.3 Å². The van der Waals surface area contributed by atoms with E-state index in [1.807, 2.05) is 11.7 Å². The van der Waals surface area contributed by atoms with Crippen LogP contribution in [0.15, 0.2) is 4.47 Å². The standard InChI is InChI=1S/C11H20BrN3O/c1-4-9-11(12)10(15(2)14-9)8-13-6-5-7-16-3/h13H,4-8H2,1-3H3. The summed E-state index contributed by atoms with van der Waals surface area (Å²) in [6.45, 7) is 4.73. The molecule has 0 saturated carbocycles. The lowest BCUT2D eigenvalue weighted by Crippen LogP contribution is -2.18. The van der Waals surface area contributed by atoms with E-state index in [0.717, 1.165) is 42.7 Å². The van der Waals surface area contributed by atoms with Crippen molar-refractivity contribution in [2.45, 2.75) is 26.3 Å². The van der Waals surface area contributed by atoms with E-state index < -0.39 is 0 Å². The summed E-state index contributed by atoms with van der Waals surface area (Å²) in [6, 6.07) is 0. The van der Waals surface area contributed by atoms with Gasteiger partial charge in [-0.05, 0) is 35.3 Å². The molecule has 0 bridgehead atoms. The minimum atomic E-state index is 0.805. The molecule has 16 heavy (non-hydrogen) atoms. The average molecular weight is 290 g/mol. The number of halogens is 1. The van der Waals surface area contributed by atoms with Crippen LogP contribution in [-0.4, -0.2) is 30.0 Å². The van der Waals surface area contributed by atoms with E-state index >= 15 is 0 Å². The van der Waals surface area contributed by atoms with E-state index in [9.17, 15) is 0 Å². The Hall–Kier alpha value is -0.390. The van der Waals surface area contributed by atoms with E-state index in [0.29, 0.717) is 0 Å². The lowest BCUT2D eigenvalue weighted by Gasteiger charge is -2.05. The molecule has 1 N–H and O–H groups in total. The lowest BCUT2D eigenvalue weighted by molar-refractivity contribution is 0.194. The van der Waals surface area contributed by atoms with Gasteiger partial charge in [0.25, 0.3) is 0 Å². The van der Waals surface area contributed by atoms with Gasteiger partial charge in [0.2, 0.25) is 0 Å². The molecule has 0 aliphatic rings. The average Bonchev–Trinajstić information content (AvgIpc) is 2.55. The largest absolute Gasteiger partial charge is 0.385 e. The zero-order valence-electron chi connectivity index (χ0n) is 10.2. The van der Waals surface area contributed by atoms with Crippen LogP contribution < -0.4 is 5.32 Å².